The van der Waals surface area contributed by atoms with Crippen molar-refractivity contribution in [1.29, 1.82) is 0 Å². The minimum atomic E-state index is -1.08. The van der Waals surface area contributed by atoms with Crippen molar-refractivity contribution in [2.45, 2.75) is 13.0 Å². The number of methoxy groups -OCH3 is 1. The normalized spacial score (nSPS) is 11.7. The molecule has 0 aliphatic rings. The number of hydrogen-bond acceptors (Lipinski definition) is 4. The Morgan fingerprint density at radius 2 is 1.78 bits per heavy atom. The van der Waals surface area contributed by atoms with E-state index in [9.17, 15) is 14.0 Å². The number of esters is 1. The van der Waals surface area contributed by atoms with E-state index in [-0.39, 0.29) is 10.6 Å². The summed E-state index contributed by atoms with van der Waals surface area (Å²) in [7, 11) is 1.51. The number of rotatable bonds is 5. The van der Waals surface area contributed by atoms with Crippen LogP contribution in [0.2, 0.25) is 5.02 Å². The molecule has 2 rings (SSSR count). The van der Waals surface area contributed by atoms with Crippen LogP contribution in [0.5, 0.6) is 5.75 Å². The molecule has 0 unspecified atom stereocenters. The molecule has 0 bridgehead atoms. The molecule has 2 aromatic carbocycles. The molecule has 2 aromatic rings. The lowest BCUT2D eigenvalue weighted by atomic mass is 10.1. The van der Waals surface area contributed by atoms with Crippen molar-refractivity contribution in [1.82, 2.24) is 0 Å². The first-order valence-corrected chi connectivity index (χ1v) is 7.15. The molecule has 1 atom stereocenters. The molecule has 0 amide bonds. The van der Waals surface area contributed by atoms with Crippen LogP contribution < -0.4 is 4.74 Å². The summed E-state index contributed by atoms with van der Waals surface area (Å²) < 4.78 is 23.7. The van der Waals surface area contributed by atoms with Gasteiger partial charge in [0.15, 0.2) is 6.10 Å². The van der Waals surface area contributed by atoms with Gasteiger partial charge >= 0.3 is 5.97 Å². The first-order valence-electron chi connectivity index (χ1n) is 6.77. The summed E-state index contributed by atoms with van der Waals surface area (Å²) in [5, 5.41) is -0.0703. The smallest absolute Gasteiger partial charge is 0.343 e. The average molecular weight is 337 g/mol. The molecule has 0 spiro atoms. The Bertz CT molecular complexity index is 708. The van der Waals surface area contributed by atoms with E-state index in [1.807, 2.05) is 0 Å². The molecule has 0 aliphatic carbocycles. The zero-order chi connectivity index (χ0) is 17.0. The summed E-state index contributed by atoms with van der Waals surface area (Å²) in [5.74, 6) is -1.59. The molecule has 120 valence electrons. The summed E-state index contributed by atoms with van der Waals surface area (Å²) in [6.07, 6.45) is -1.08. The maximum absolute atomic E-state index is 13.7. The first-order chi connectivity index (χ1) is 10.9. The number of carbonyl (C=O) groups is 2. The number of halogens is 2. The van der Waals surface area contributed by atoms with Crippen molar-refractivity contribution in [3.63, 3.8) is 0 Å². The van der Waals surface area contributed by atoms with Crippen molar-refractivity contribution in [2.24, 2.45) is 0 Å². The van der Waals surface area contributed by atoms with Crippen LogP contribution in [0.25, 0.3) is 0 Å². The number of ketones is 1. The van der Waals surface area contributed by atoms with E-state index in [4.69, 9.17) is 21.1 Å². The highest BCUT2D eigenvalue weighted by atomic mass is 35.5. The Morgan fingerprint density at radius 1 is 1.13 bits per heavy atom. The summed E-state index contributed by atoms with van der Waals surface area (Å²) in [6, 6.07) is 10.2. The van der Waals surface area contributed by atoms with Gasteiger partial charge in [-0.1, -0.05) is 17.7 Å². The summed E-state index contributed by atoms with van der Waals surface area (Å²) in [4.78, 5) is 24.3. The van der Waals surface area contributed by atoms with Crippen molar-refractivity contribution in [3.8, 4) is 5.75 Å². The van der Waals surface area contributed by atoms with Gasteiger partial charge in [-0.2, -0.15) is 0 Å². The fourth-order valence-corrected chi connectivity index (χ4v) is 2.20. The highest BCUT2D eigenvalue weighted by molar-refractivity contribution is 6.33. The minimum Gasteiger partial charge on any atom is -0.497 e. The van der Waals surface area contributed by atoms with E-state index in [1.54, 1.807) is 24.3 Å². The van der Waals surface area contributed by atoms with Crippen LogP contribution in [0, 0.1) is 5.82 Å². The Labute approximate surface area is 137 Å². The molecule has 0 aliphatic heterocycles. The number of hydrogen-bond donors (Lipinski definition) is 0. The molecule has 0 fully saturated rings. The molecule has 6 heteroatoms. The number of carbonyl (C=O) groups excluding carboxylic acids is 2. The van der Waals surface area contributed by atoms with Crippen LogP contribution in [0.4, 0.5) is 4.39 Å². The standard InChI is InChI=1S/C17H14ClFO4/c1-10(16(20)11-6-8-12(22-2)9-7-11)23-17(21)15-13(18)4-3-5-14(15)19/h3-10H,1-2H3/t10-/m1/s1. The van der Waals surface area contributed by atoms with Crippen molar-refractivity contribution in [3.05, 3.63) is 64.4 Å². The lowest BCUT2D eigenvalue weighted by Gasteiger charge is -2.13. The molecule has 23 heavy (non-hydrogen) atoms. The van der Waals surface area contributed by atoms with E-state index in [1.165, 1.54) is 26.2 Å². The van der Waals surface area contributed by atoms with Gasteiger partial charge in [-0.25, -0.2) is 9.18 Å². The second-order valence-corrected chi connectivity index (χ2v) is 5.14. The van der Waals surface area contributed by atoms with Crippen molar-refractivity contribution >= 4 is 23.4 Å². The molecule has 0 radical (unpaired) electrons. The van der Waals surface area contributed by atoms with Gasteiger partial charge in [0.25, 0.3) is 0 Å². The Balaban J connectivity index is 2.12. The monoisotopic (exact) mass is 336 g/mol. The van der Waals surface area contributed by atoms with Gasteiger partial charge in [0.1, 0.15) is 17.1 Å². The topological polar surface area (TPSA) is 52.6 Å². The molecular weight excluding hydrogens is 323 g/mol. The summed E-state index contributed by atoms with van der Waals surface area (Å²) in [5.41, 5.74) is -0.0331. The molecule has 0 saturated heterocycles. The van der Waals surface area contributed by atoms with Gasteiger partial charge in [-0.15, -0.1) is 0 Å². The highest BCUT2D eigenvalue weighted by Crippen LogP contribution is 2.21. The van der Waals surface area contributed by atoms with Crippen LogP contribution in [-0.2, 0) is 4.74 Å². The van der Waals surface area contributed by atoms with E-state index in [0.29, 0.717) is 11.3 Å². The fraction of sp³-hybridized carbons (Fsp3) is 0.176. The van der Waals surface area contributed by atoms with Crippen LogP contribution in [0.1, 0.15) is 27.6 Å². The lowest BCUT2D eigenvalue weighted by Crippen LogP contribution is -2.25. The second-order valence-electron chi connectivity index (χ2n) is 4.74. The van der Waals surface area contributed by atoms with Crippen molar-refractivity contribution in [2.75, 3.05) is 7.11 Å². The maximum Gasteiger partial charge on any atom is 0.343 e. The van der Waals surface area contributed by atoms with E-state index >= 15 is 0 Å². The van der Waals surface area contributed by atoms with E-state index in [2.05, 4.69) is 0 Å². The van der Waals surface area contributed by atoms with E-state index < -0.39 is 23.7 Å². The molecule has 0 heterocycles. The zero-order valence-corrected chi connectivity index (χ0v) is 13.3. The zero-order valence-electron chi connectivity index (χ0n) is 12.5. The third kappa shape index (κ3) is 3.87. The SMILES string of the molecule is COc1ccc(C(=O)[C@@H](C)OC(=O)c2c(F)cccc2Cl)cc1. The predicted octanol–water partition coefficient (Wildman–Crippen LogP) is 3.92. The fourth-order valence-electron chi connectivity index (χ4n) is 1.96. The quantitative estimate of drug-likeness (QED) is 0.613. The molecule has 0 N–H and O–H groups in total. The van der Waals surface area contributed by atoms with Crippen LogP contribution in [0.3, 0.4) is 0 Å². The Hall–Kier alpha value is -2.40. The lowest BCUT2D eigenvalue weighted by molar-refractivity contribution is 0.0314. The van der Waals surface area contributed by atoms with Gasteiger partial charge in [-0.3, -0.25) is 4.79 Å². The molecule has 0 saturated carbocycles. The van der Waals surface area contributed by atoms with Gasteiger partial charge in [0, 0.05) is 5.56 Å². The Morgan fingerprint density at radius 3 is 2.35 bits per heavy atom. The largest absolute Gasteiger partial charge is 0.497 e. The second kappa shape index (κ2) is 7.24. The maximum atomic E-state index is 13.7. The average Bonchev–Trinajstić information content (AvgIpc) is 2.54. The summed E-state index contributed by atoms with van der Waals surface area (Å²) in [6.45, 7) is 1.42. The number of ether oxygens (including phenoxy) is 2. The third-order valence-electron chi connectivity index (χ3n) is 3.19. The van der Waals surface area contributed by atoms with Crippen LogP contribution >= 0.6 is 11.6 Å². The third-order valence-corrected chi connectivity index (χ3v) is 3.51. The molecule has 0 aromatic heterocycles. The van der Waals surface area contributed by atoms with E-state index in [0.717, 1.165) is 6.07 Å². The number of benzene rings is 2. The van der Waals surface area contributed by atoms with Crippen LogP contribution in [-0.4, -0.2) is 25.0 Å². The number of Topliss-reactive ketones (excluding diaryl/α,β-unsaturated/α-hetero) is 1. The molecular formula is C17H14ClFO4. The van der Waals surface area contributed by atoms with Crippen molar-refractivity contribution < 1.29 is 23.5 Å². The van der Waals surface area contributed by atoms with Gasteiger partial charge in [0.2, 0.25) is 5.78 Å². The van der Waals surface area contributed by atoms with Gasteiger partial charge < -0.3 is 9.47 Å². The predicted molar refractivity (Wildman–Crippen MR) is 83.6 cm³/mol. The van der Waals surface area contributed by atoms with Gasteiger partial charge in [0.05, 0.1) is 12.1 Å². The van der Waals surface area contributed by atoms with Crippen LogP contribution in [0.15, 0.2) is 42.5 Å². The highest BCUT2D eigenvalue weighted by Gasteiger charge is 2.24. The Kier molecular flexibility index (Phi) is 5.34. The summed E-state index contributed by atoms with van der Waals surface area (Å²) >= 11 is 5.80. The first kappa shape index (κ1) is 17.0. The van der Waals surface area contributed by atoms with Gasteiger partial charge in [-0.05, 0) is 43.3 Å². The molecule has 4 nitrogen and oxygen atoms in total. The minimum absolute atomic E-state index is 0.0703.